The van der Waals surface area contributed by atoms with Crippen LogP contribution in [0.3, 0.4) is 0 Å². The van der Waals surface area contributed by atoms with Gasteiger partial charge in [-0.2, -0.15) is 0 Å². The average Bonchev–Trinajstić information content (AvgIpc) is 2.31. The minimum absolute atomic E-state index is 0.272. The molecule has 1 saturated heterocycles. The highest BCUT2D eigenvalue weighted by Gasteiger charge is 2.33. The van der Waals surface area contributed by atoms with Gasteiger partial charge in [-0.1, -0.05) is 36.2 Å². The van der Waals surface area contributed by atoms with E-state index in [9.17, 15) is 8.42 Å². The third-order valence-electron chi connectivity index (χ3n) is 3.52. The molecule has 18 heavy (non-hydrogen) atoms. The summed E-state index contributed by atoms with van der Waals surface area (Å²) in [5.41, 5.74) is 7.01. The van der Waals surface area contributed by atoms with Crippen LogP contribution >= 0.6 is 11.6 Å². The Labute approximate surface area is 113 Å². The third-order valence-corrected chi connectivity index (χ3v) is 6.25. The van der Waals surface area contributed by atoms with Crippen LogP contribution in [-0.4, -0.2) is 25.5 Å². The Morgan fingerprint density at radius 3 is 2.72 bits per heavy atom. The molecule has 3 nitrogen and oxygen atoms in total. The fourth-order valence-corrected chi connectivity index (χ4v) is 4.79. The molecule has 100 valence electrons. The van der Waals surface area contributed by atoms with E-state index < -0.39 is 15.1 Å². The maximum absolute atomic E-state index is 12.0. The Bertz CT molecular complexity index is 515. The van der Waals surface area contributed by atoms with Gasteiger partial charge in [0.05, 0.1) is 11.0 Å². The molecule has 1 aromatic rings. The minimum Gasteiger partial charge on any atom is -0.326 e. The maximum Gasteiger partial charge on any atom is 0.154 e. The molecule has 1 aromatic carbocycles. The van der Waals surface area contributed by atoms with E-state index in [1.54, 1.807) is 6.07 Å². The molecule has 0 bridgehead atoms. The Morgan fingerprint density at radius 1 is 1.33 bits per heavy atom. The Balaban J connectivity index is 2.12. The Kier molecular flexibility index (Phi) is 4.30. The van der Waals surface area contributed by atoms with Crippen LogP contribution in [0.1, 0.15) is 24.8 Å². The van der Waals surface area contributed by atoms with Crippen LogP contribution in [0.4, 0.5) is 0 Å². The summed E-state index contributed by atoms with van der Waals surface area (Å²) in [6.07, 6.45) is 2.90. The van der Waals surface area contributed by atoms with E-state index >= 15 is 0 Å². The summed E-state index contributed by atoms with van der Waals surface area (Å²) in [4.78, 5) is 0. The van der Waals surface area contributed by atoms with Crippen LogP contribution in [0, 0.1) is 0 Å². The molecule has 1 heterocycles. The first-order valence-electron chi connectivity index (χ1n) is 6.21. The van der Waals surface area contributed by atoms with Gasteiger partial charge in [0.25, 0.3) is 0 Å². The molecule has 0 amide bonds. The zero-order valence-corrected chi connectivity index (χ0v) is 11.8. The molecule has 0 spiro atoms. The molecule has 0 saturated carbocycles. The standard InChI is InChI=1S/C13H18ClNO2S/c14-11-6-2-1-5-10(11)9-12(15)13-7-3-4-8-18(13,16)17/h1-2,5-6,12-13H,3-4,7-9,15H2. The van der Waals surface area contributed by atoms with Crippen LogP contribution in [0.5, 0.6) is 0 Å². The van der Waals surface area contributed by atoms with Crippen molar-refractivity contribution in [2.24, 2.45) is 5.73 Å². The van der Waals surface area contributed by atoms with Crippen molar-refractivity contribution in [1.82, 2.24) is 0 Å². The molecule has 2 N–H and O–H groups in total. The normalized spacial score (nSPS) is 24.7. The number of halogens is 1. The average molecular weight is 288 g/mol. The number of hydrogen-bond donors (Lipinski definition) is 1. The van der Waals surface area contributed by atoms with Gasteiger partial charge < -0.3 is 5.73 Å². The molecule has 2 rings (SSSR count). The smallest absolute Gasteiger partial charge is 0.154 e. The van der Waals surface area contributed by atoms with Gasteiger partial charge in [-0.15, -0.1) is 0 Å². The zero-order chi connectivity index (χ0) is 13.2. The van der Waals surface area contributed by atoms with Crippen LogP contribution in [-0.2, 0) is 16.3 Å². The van der Waals surface area contributed by atoms with E-state index in [0.717, 1.165) is 18.4 Å². The van der Waals surface area contributed by atoms with E-state index in [0.29, 0.717) is 17.9 Å². The van der Waals surface area contributed by atoms with Gasteiger partial charge >= 0.3 is 0 Å². The van der Waals surface area contributed by atoms with Crippen molar-refractivity contribution >= 4 is 21.4 Å². The van der Waals surface area contributed by atoms with Gasteiger partial charge in [-0.05, 0) is 30.9 Å². The van der Waals surface area contributed by atoms with Crippen molar-refractivity contribution in [3.05, 3.63) is 34.9 Å². The summed E-state index contributed by atoms with van der Waals surface area (Å²) in [7, 11) is -3.02. The van der Waals surface area contributed by atoms with E-state index in [1.165, 1.54) is 0 Å². The Morgan fingerprint density at radius 2 is 2.06 bits per heavy atom. The second kappa shape index (κ2) is 5.59. The van der Waals surface area contributed by atoms with E-state index in [4.69, 9.17) is 17.3 Å². The second-order valence-corrected chi connectivity index (χ2v) is 7.61. The molecule has 0 aromatic heterocycles. The number of benzene rings is 1. The maximum atomic E-state index is 12.0. The lowest BCUT2D eigenvalue weighted by Gasteiger charge is -2.27. The molecule has 5 heteroatoms. The van der Waals surface area contributed by atoms with E-state index in [1.807, 2.05) is 18.2 Å². The molecule has 1 aliphatic rings. The van der Waals surface area contributed by atoms with Gasteiger partial charge in [-0.3, -0.25) is 0 Å². The molecule has 0 radical (unpaired) electrons. The quantitative estimate of drug-likeness (QED) is 0.927. The topological polar surface area (TPSA) is 60.2 Å². The second-order valence-electron chi connectivity index (χ2n) is 4.86. The third kappa shape index (κ3) is 3.05. The molecule has 2 unspecified atom stereocenters. The predicted octanol–water partition coefficient (Wildman–Crippen LogP) is 2.18. The lowest BCUT2D eigenvalue weighted by Crippen LogP contribution is -2.44. The van der Waals surface area contributed by atoms with Crippen molar-refractivity contribution in [1.29, 1.82) is 0 Å². The van der Waals surface area contributed by atoms with Crippen LogP contribution in [0.25, 0.3) is 0 Å². The number of sulfone groups is 1. The molecular weight excluding hydrogens is 270 g/mol. The molecular formula is C13H18ClNO2S. The summed E-state index contributed by atoms with van der Waals surface area (Å²) in [6, 6.07) is 7.09. The van der Waals surface area contributed by atoms with Crippen molar-refractivity contribution < 1.29 is 8.42 Å². The number of rotatable bonds is 3. The summed E-state index contributed by atoms with van der Waals surface area (Å²) in [6.45, 7) is 0. The SMILES string of the molecule is NC(Cc1ccccc1Cl)C1CCCCS1(=O)=O. The van der Waals surface area contributed by atoms with Crippen LogP contribution in [0.15, 0.2) is 24.3 Å². The fourth-order valence-electron chi connectivity index (χ4n) is 2.51. The van der Waals surface area contributed by atoms with Crippen molar-refractivity contribution in [2.45, 2.75) is 37.0 Å². The van der Waals surface area contributed by atoms with Crippen LogP contribution < -0.4 is 5.73 Å². The minimum atomic E-state index is -3.02. The highest BCUT2D eigenvalue weighted by molar-refractivity contribution is 7.92. The first-order chi connectivity index (χ1) is 8.50. The van der Waals surface area contributed by atoms with Crippen molar-refractivity contribution in [2.75, 3.05) is 5.75 Å². The van der Waals surface area contributed by atoms with Gasteiger partial charge in [-0.25, -0.2) is 8.42 Å². The molecule has 0 aliphatic carbocycles. The van der Waals surface area contributed by atoms with Crippen LogP contribution in [0.2, 0.25) is 5.02 Å². The van der Waals surface area contributed by atoms with E-state index in [2.05, 4.69) is 0 Å². The van der Waals surface area contributed by atoms with Gasteiger partial charge in [0.1, 0.15) is 0 Å². The van der Waals surface area contributed by atoms with Crippen molar-refractivity contribution in [3.63, 3.8) is 0 Å². The van der Waals surface area contributed by atoms with E-state index in [-0.39, 0.29) is 11.8 Å². The summed E-state index contributed by atoms with van der Waals surface area (Å²) >= 11 is 6.07. The highest BCUT2D eigenvalue weighted by atomic mass is 35.5. The molecule has 1 fully saturated rings. The first kappa shape index (κ1) is 13.8. The molecule has 2 atom stereocenters. The first-order valence-corrected chi connectivity index (χ1v) is 8.30. The summed E-state index contributed by atoms with van der Waals surface area (Å²) < 4.78 is 24.0. The van der Waals surface area contributed by atoms with Gasteiger partial charge in [0.2, 0.25) is 0 Å². The number of hydrogen-bond acceptors (Lipinski definition) is 3. The van der Waals surface area contributed by atoms with Gasteiger partial charge in [0, 0.05) is 11.1 Å². The van der Waals surface area contributed by atoms with Gasteiger partial charge in [0.15, 0.2) is 9.84 Å². The molecule has 1 aliphatic heterocycles. The Hall–Kier alpha value is -0.580. The lowest BCUT2D eigenvalue weighted by molar-refractivity contribution is 0.495. The largest absolute Gasteiger partial charge is 0.326 e. The fraction of sp³-hybridized carbons (Fsp3) is 0.538. The van der Waals surface area contributed by atoms with Crippen molar-refractivity contribution in [3.8, 4) is 0 Å². The monoisotopic (exact) mass is 287 g/mol. The summed E-state index contributed by atoms with van der Waals surface area (Å²) in [5, 5.41) is 0.240. The highest BCUT2D eigenvalue weighted by Crippen LogP contribution is 2.25. The predicted molar refractivity (Wildman–Crippen MR) is 74.6 cm³/mol. The number of nitrogens with two attached hydrogens (primary N) is 1. The lowest BCUT2D eigenvalue weighted by atomic mass is 10.0. The zero-order valence-electron chi connectivity index (χ0n) is 10.2. The summed E-state index contributed by atoms with van der Waals surface area (Å²) in [5.74, 6) is 0.272.